The van der Waals surface area contributed by atoms with Crippen molar-refractivity contribution in [3.05, 3.63) is 18.2 Å². The van der Waals surface area contributed by atoms with E-state index in [1.165, 1.54) is 0 Å². The molecule has 0 saturated carbocycles. The number of hydrogen-bond donors (Lipinski definition) is 0. The lowest BCUT2D eigenvalue weighted by Gasteiger charge is -2.39. The first-order chi connectivity index (χ1) is 8.17. The van der Waals surface area contributed by atoms with E-state index in [1.807, 2.05) is 25.2 Å². The first-order valence-corrected chi connectivity index (χ1v) is 5.62. The molecule has 0 bridgehead atoms. The highest BCUT2D eigenvalue weighted by Gasteiger charge is 2.30. The summed E-state index contributed by atoms with van der Waals surface area (Å²) < 4.78 is 11.0. The van der Waals surface area contributed by atoms with Crippen LogP contribution in [0.15, 0.2) is 18.2 Å². The van der Waals surface area contributed by atoms with Crippen molar-refractivity contribution < 1.29 is 9.47 Å². The van der Waals surface area contributed by atoms with E-state index in [0.717, 1.165) is 17.2 Å². The van der Waals surface area contributed by atoms with Gasteiger partial charge in [0.2, 0.25) is 0 Å². The molecule has 17 heavy (non-hydrogen) atoms. The molecular formula is C13H16N2O2. The van der Waals surface area contributed by atoms with Crippen molar-refractivity contribution in [1.82, 2.24) is 0 Å². The van der Waals surface area contributed by atoms with Gasteiger partial charge in [-0.05, 0) is 19.1 Å². The summed E-state index contributed by atoms with van der Waals surface area (Å²) in [6, 6.07) is 8.05. The van der Waals surface area contributed by atoms with E-state index in [-0.39, 0.29) is 12.1 Å². The summed E-state index contributed by atoms with van der Waals surface area (Å²) in [6.45, 7) is 2.06. The van der Waals surface area contributed by atoms with Gasteiger partial charge < -0.3 is 14.4 Å². The van der Waals surface area contributed by atoms with Crippen LogP contribution in [0.25, 0.3) is 0 Å². The summed E-state index contributed by atoms with van der Waals surface area (Å²) in [6.07, 6.45) is 0.322. The third kappa shape index (κ3) is 2.01. The Morgan fingerprint density at radius 2 is 2.29 bits per heavy atom. The quantitative estimate of drug-likeness (QED) is 0.784. The topological polar surface area (TPSA) is 45.5 Å². The summed E-state index contributed by atoms with van der Waals surface area (Å²) in [5, 5.41) is 8.78. The van der Waals surface area contributed by atoms with E-state index in [2.05, 4.69) is 17.9 Å². The second kappa shape index (κ2) is 4.54. The molecule has 1 aliphatic heterocycles. The molecule has 4 nitrogen and oxygen atoms in total. The zero-order valence-corrected chi connectivity index (χ0v) is 10.3. The van der Waals surface area contributed by atoms with E-state index >= 15 is 0 Å². The lowest BCUT2D eigenvalue weighted by atomic mass is 10.0. The second-order valence-electron chi connectivity index (χ2n) is 4.20. The van der Waals surface area contributed by atoms with Crippen LogP contribution in [0.2, 0.25) is 0 Å². The van der Waals surface area contributed by atoms with Crippen molar-refractivity contribution in [2.75, 3.05) is 19.1 Å². The Hall–Kier alpha value is -1.89. The number of likely N-dealkylation sites (N-methyl/N-ethyl adjacent to an activating group) is 1. The molecule has 2 rings (SSSR count). The molecule has 0 aromatic heterocycles. The maximum absolute atomic E-state index is 8.78. The van der Waals surface area contributed by atoms with Crippen LogP contribution in [-0.4, -0.2) is 26.3 Å². The minimum atomic E-state index is -0.0779. The van der Waals surface area contributed by atoms with Gasteiger partial charge in [-0.2, -0.15) is 5.26 Å². The lowest BCUT2D eigenvalue weighted by molar-refractivity contribution is 0.165. The number of rotatable bonds is 2. The Morgan fingerprint density at radius 1 is 1.53 bits per heavy atom. The highest BCUT2D eigenvalue weighted by atomic mass is 16.5. The van der Waals surface area contributed by atoms with Crippen LogP contribution < -0.4 is 14.4 Å². The van der Waals surface area contributed by atoms with E-state index in [9.17, 15) is 0 Å². The number of fused-ring (bicyclic) bond motifs is 1. The number of nitriles is 1. The molecule has 0 radical (unpaired) electrons. The Bertz CT molecular complexity index is 453. The molecule has 90 valence electrons. The lowest BCUT2D eigenvalue weighted by Crippen LogP contribution is -2.45. The van der Waals surface area contributed by atoms with E-state index in [4.69, 9.17) is 14.7 Å². The molecule has 0 fully saturated rings. The minimum Gasteiger partial charge on any atom is -0.497 e. The molecule has 0 saturated heterocycles. The van der Waals surface area contributed by atoms with Crippen LogP contribution in [0.5, 0.6) is 11.5 Å². The molecular weight excluding hydrogens is 216 g/mol. The Kier molecular flexibility index (Phi) is 3.10. The monoisotopic (exact) mass is 232 g/mol. The van der Waals surface area contributed by atoms with Gasteiger partial charge in [0.25, 0.3) is 0 Å². The number of hydrogen-bond acceptors (Lipinski definition) is 4. The van der Waals surface area contributed by atoms with Crippen LogP contribution in [0.4, 0.5) is 5.69 Å². The van der Waals surface area contributed by atoms with Gasteiger partial charge in [0.15, 0.2) is 0 Å². The molecule has 1 aromatic carbocycles. The van der Waals surface area contributed by atoms with Crippen LogP contribution in [0.1, 0.15) is 13.3 Å². The molecule has 0 amide bonds. The van der Waals surface area contributed by atoms with Gasteiger partial charge in [-0.15, -0.1) is 0 Å². The molecule has 0 aliphatic carbocycles. The minimum absolute atomic E-state index is 0.0779. The standard InChI is InChI=1S/C13H16N2O2/c1-9-12(6-7-14)17-13-5-4-10(16-3)8-11(13)15(9)2/h4-5,8-9,12H,6H2,1-3H3. The largest absolute Gasteiger partial charge is 0.497 e. The molecule has 1 aromatic rings. The summed E-state index contributed by atoms with van der Waals surface area (Å²) in [7, 11) is 3.66. The number of ether oxygens (including phenoxy) is 2. The van der Waals surface area contributed by atoms with Crippen molar-refractivity contribution in [3.8, 4) is 17.6 Å². The van der Waals surface area contributed by atoms with Gasteiger partial charge in [-0.25, -0.2) is 0 Å². The molecule has 2 unspecified atom stereocenters. The highest BCUT2D eigenvalue weighted by Crippen LogP contribution is 2.38. The third-order valence-corrected chi connectivity index (χ3v) is 3.27. The fourth-order valence-electron chi connectivity index (χ4n) is 2.03. The van der Waals surface area contributed by atoms with Crippen molar-refractivity contribution in [1.29, 1.82) is 5.26 Å². The van der Waals surface area contributed by atoms with Gasteiger partial charge >= 0.3 is 0 Å². The average molecular weight is 232 g/mol. The SMILES string of the molecule is COc1ccc2c(c1)N(C)C(C)C(CC#N)O2. The third-order valence-electron chi connectivity index (χ3n) is 3.27. The normalized spacial score (nSPS) is 22.4. The summed E-state index contributed by atoms with van der Waals surface area (Å²) in [5.41, 5.74) is 1.01. The predicted molar refractivity (Wildman–Crippen MR) is 65.5 cm³/mol. The van der Waals surface area contributed by atoms with E-state index in [0.29, 0.717) is 6.42 Å². The average Bonchev–Trinajstić information content (AvgIpc) is 2.35. The highest BCUT2D eigenvalue weighted by molar-refractivity contribution is 5.63. The zero-order chi connectivity index (χ0) is 12.4. The maximum Gasteiger partial charge on any atom is 0.143 e. The van der Waals surface area contributed by atoms with Gasteiger partial charge in [0, 0.05) is 13.1 Å². The predicted octanol–water partition coefficient (Wildman–Crippen LogP) is 2.19. The van der Waals surface area contributed by atoms with Crippen molar-refractivity contribution in [2.24, 2.45) is 0 Å². The Labute approximate surface area is 101 Å². The van der Waals surface area contributed by atoms with E-state index in [1.54, 1.807) is 7.11 Å². The smallest absolute Gasteiger partial charge is 0.143 e. The molecule has 1 aliphatic rings. The number of anilines is 1. The summed E-state index contributed by atoms with van der Waals surface area (Å²) in [5.74, 6) is 1.62. The Balaban J connectivity index is 2.35. The molecule has 1 heterocycles. The van der Waals surface area contributed by atoms with Gasteiger partial charge in [0.1, 0.15) is 17.6 Å². The van der Waals surface area contributed by atoms with Crippen LogP contribution >= 0.6 is 0 Å². The van der Waals surface area contributed by atoms with Crippen molar-refractivity contribution in [3.63, 3.8) is 0 Å². The van der Waals surface area contributed by atoms with Gasteiger partial charge in [-0.1, -0.05) is 0 Å². The Morgan fingerprint density at radius 3 is 2.94 bits per heavy atom. The molecule has 0 spiro atoms. The number of methoxy groups -OCH3 is 1. The first-order valence-electron chi connectivity index (χ1n) is 5.62. The number of nitrogens with zero attached hydrogens (tertiary/aromatic N) is 2. The molecule has 0 N–H and O–H groups in total. The second-order valence-corrected chi connectivity index (χ2v) is 4.20. The summed E-state index contributed by atoms with van der Waals surface area (Å²) in [4.78, 5) is 2.13. The molecule has 2 atom stereocenters. The van der Waals surface area contributed by atoms with Crippen LogP contribution in [0, 0.1) is 11.3 Å². The van der Waals surface area contributed by atoms with Gasteiger partial charge in [0.05, 0.1) is 31.3 Å². The van der Waals surface area contributed by atoms with E-state index < -0.39 is 0 Å². The fraction of sp³-hybridized carbons (Fsp3) is 0.462. The van der Waals surface area contributed by atoms with Crippen molar-refractivity contribution in [2.45, 2.75) is 25.5 Å². The van der Waals surface area contributed by atoms with Crippen LogP contribution in [0.3, 0.4) is 0 Å². The zero-order valence-electron chi connectivity index (χ0n) is 10.3. The van der Waals surface area contributed by atoms with Crippen LogP contribution in [-0.2, 0) is 0 Å². The number of benzene rings is 1. The first kappa shape index (κ1) is 11.6. The molecule has 4 heteroatoms. The van der Waals surface area contributed by atoms with Gasteiger partial charge in [-0.3, -0.25) is 0 Å². The maximum atomic E-state index is 8.78. The summed E-state index contributed by atoms with van der Waals surface area (Å²) >= 11 is 0. The van der Waals surface area contributed by atoms with Crippen molar-refractivity contribution >= 4 is 5.69 Å². The fourth-order valence-corrected chi connectivity index (χ4v) is 2.03.